The number of rotatable bonds is 6. The third-order valence-corrected chi connectivity index (χ3v) is 5.96. The minimum absolute atomic E-state index is 0.0312. The maximum Gasteiger partial charge on any atom is 0.263 e. The van der Waals surface area contributed by atoms with E-state index in [1.54, 1.807) is 29.7 Å². The summed E-state index contributed by atoms with van der Waals surface area (Å²) in [6.45, 7) is 0.497. The van der Waals surface area contributed by atoms with Gasteiger partial charge in [0.25, 0.3) is 11.5 Å². The maximum atomic E-state index is 13.1. The Bertz CT molecular complexity index is 1140. The van der Waals surface area contributed by atoms with E-state index in [0.29, 0.717) is 11.7 Å². The Morgan fingerprint density at radius 2 is 2.16 bits per heavy atom. The molecule has 2 amide bonds. The number of carbonyl (C=O) groups is 2. The lowest BCUT2D eigenvalue weighted by atomic mass is 10.0. The maximum absolute atomic E-state index is 13.1. The SMILES string of the molecule is COc1cccc(C2CCCN2C(=O)Cn2cccc(C(=O)Nc3nccs3)c2=O)c1. The van der Waals surface area contributed by atoms with Crippen molar-refractivity contribution in [3.63, 3.8) is 0 Å². The summed E-state index contributed by atoms with van der Waals surface area (Å²) >= 11 is 1.26. The zero-order chi connectivity index (χ0) is 21.8. The first kappa shape index (κ1) is 20.8. The zero-order valence-electron chi connectivity index (χ0n) is 17.0. The fourth-order valence-corrected chi connectivity index (χ4v) is 4.30. The van der Waals surface area contributed by atoms with Crippen LogP contribution in [0.5, 0.6) is 5.75 Å². The molecule has 1 N–H and O–H groups in total. The summed E-state index contributed by atoms with van der Waals surface area (Å²) in [6, 6.07) is 10.7. The number of likely N-dealkylation sites (tertiary alicyclic amines) is 1. The third-order valence-electron chi connectivity index (χ3n) is 5.27. The first-order valence-electron chi connectivity index (χ1n) is 9.90. The normalized spacial score (nSPS) is 15.6. The predicted octanol–water partition coefficient (Wildman–Crippen LogP) is 2.93. The standard InChI is InChI=1S/C22H22N4O4S/c1-30-16-6-2-5-15(13-16)18-8-4-11-26(18)19(27)14-25-10-3-7-17(21(25)29)20(28)24-22-23-9-12-31-22/h2-3,5-7,9-10,12-13,18H,4,8,11,14H2,1H3,(H,23,24,28). The smallest absolute Gasteiger partial charge is 0.263 e. The van der Waals surface area contributed by atoms with Gasteiger partial charge < -0.3 is 14.2 Å². The van der Waals surface area contributed by atoms with Crippen molar-refractivity contribution in [3.05, 3.63) is 75.7 Å². The summed E-state index contributed by atoms with van der Waals surface area (Å²) in [5, 5.41) is 4.74. The summed E-state index contributed by atoms with van der Waals surface area (Å²) in [4.78, 5) is 44.1. The molecular weight excluding hydrogens is 416 g/mol. The van der Waals surface area contributed by atoms with Crippen LogP contribution < -0.4 is 15.6 Å². The number of aromatic nitrogens is 2. The monoisotopic (exact) mass is 438 g/mol. The number of carbonyl (C=O) groups excluding carboxylic acids is 2. The van der Waals surface area contributed by atoms with Crippen molar-refractivity contribution in [2.24, 2.45) is 0 Å². The van der Waals surface area contributed by atoms with E-state index in [2.05, 4.69) is 10.3 Å². The van der Waals surface area contributed by atoms with Crippen molar-refractivity contribution in [2.45, 2.75) is 25.4 Å². The van der Waals surface area contributed by atoms with Crippen LogP contribution in [0.3, 0.4) is 0 Å². The van der Waals surface area contributed by atoms with Crippen molar-refractivity contribution in [1.82, 2.24) is 14.5 Å². The molecule has 1 atom stereocenters. The highest BCUT2D eigenvalue weighted by molar-refractivity contribution is 7.13. The van der Waals surface area contributed by atoms with Crippen molar-refractivity contribution in [2.75, 3.05) is 19.0 Å². The number of nitrogens with zero attached hydrogens (tertiary/aromatic N) is 3. The Balaban J connectivity index is 1.51. The van der Waals surface area contributed by atoms with Crippen LogP contribution in [-0.2, 0) is 11.3 Å². The second-order valence-corrected chi connectivity index (χ2v) is 8.06. The van der Waals surface area contributed by atoms with E-state index in [-0.39, 0.29) is 24.1 Å². The lowest BCUT2D eigenvalue weighted by Gasteiger charge is -2.26. The summed E-state index contributed by atoms with van der Waals surface area (Å²) in [7, 11) is 1.61. The van der Waals surface area contributed by atoms with Crippen molar-refractivity contribution in [3.8, 4) is 5.75 Å². The van der Waals surface area contributed by atoms with E-state index in [9.17, 15) is 14.4 Å². The molecule has 1 saturated heterocycles. The number of hydrogen-bond acceptors (Lipinski definition) is 6. The Kier molecular flexibility index (Phi) is 6.13. The van der Waals surface area contributed by atoms with E-state index < -0.39 is 11.5 Å². The number of anilines is 1. The Labute approximate surface area is 183 Å². The molecule has 0 saturated carbocycles. The van der Waals surface area contributed by atoms with Gasteiger partial charge in [-0.25, -0.2) is 4.98 Å². The molecule has 1 aromatic carbocycles. The molecule has 1 aliphatic heterocycles. The number of benzene rings is 1. The molecule has 1 fully saturated rings. The van der Waals surface area contributed by atoms with Gasteiger partial charge in [0.2, 0.25) is 5.91 Å². The summed E-state index contributed by atoms with van der Waals surface area (Å²) in [6.07, 6.45) is 4.83. The van der Waals surface area contributed by atoms with Gasteiger partial charge in [-0.1, -0.05) is 12.1 Å². The van der Waals surface area contributed by atoms with E-state index in [0.717, 1.165) is 24.2 Å². The Morgan fingerprint density at radius 3 is 2.94 bits per heavy atom. The first-order chi connectivity index (χ1) is 15.1. The molecule has 4 rings (SSSR count). The number of methoxy groups -OCH3 is 1. The molecule has 2 aromatic heterocycles. The average molecular weight is 439 g/mol. The van der Waals surface area contributed by atoms with E-state index in [1.807, 2.05) is 24.3 Å². The summed E-state index contributed by atoms with van der Waals surface area (Å²) in [5.41, 5.74) is 0.465. The topological polar surface area (TPSA) is 93.5 Å². The van der Waals surface area contributed by atoms with Gasteiger partial charge in [0.05, 0.1) is 13.2 Å². The molecule has 8 nitrogen and oxygen atoms in total. The van der Waals surface area contributed by atoms with Gasteiger partial charge in [0, 0.05) is 24.3 Å². The highest BCUT2D eigenvalue weighted by atomic mass is 32.1. The van der Waals surface area contributed by atoms with E-state index in [4.69, 9.17) is 4.74 Å². The number of hydrogen-bond donors (Lipinski definition) is 1. The van der Waals surface area contributed by atoms with E-state index >= 15 is 0 Å². The Hall–Kier alpha value is -3.46. The molecule has 0 radical (unpaired) electrons. The molecular formula is C22H22N4O4S. The zero-order valence-corrected chi connectivity index (χ0v) is 17.8. The third kappa shape index (κ3) is 4.51. The van der Waals surface area contributed by atoms with Crippen LogP contribution in [0.15, 0.2) is 59.0 Å². The van der Waals surface area contributed by atoms with Gasteiger partial charge in [-0.05, 0) is 42.7 Å². The minimum atomic E-state index is -0.544. The van der Waals surface area contributed by atoms with Gasteiger partial charge in [-0.2, -0.15) is 0 Å². The molecule has 0 bridgehead atoms. The first-order valence-corrected chi connectivity index (χ1v) is 10.8. The van der Waals surface area contributed by atoms with Crippen LogP contribution >= 0.6 is 11.3 Å². The number of ether oxygens (including phenoxy) is 1. The van der Waals surface area contributed by atoms with Crippen LogP contribution in [0, 0.1) is 0 Å². The second-order valence-electron chi connectivity index (χ2n) is 7.17. The molecule has 1 aliphatic rings. The minimum Gasteiger partial charge on any atom is -0.497 e. The van der Waals surface area contributed by atoms with Crippen molar-refractivity contribution >= 4 is 28.3 Å². The molecule has 3 heterocycles. The Morgan fingerprint density at radius 1 is 1.29 bits per heavy atom. The number of thiazole rings is 1. The van der Waals surface area contributed by atoms with Crippen molar-refractivity contribution < 1.29 is 14.3 Å². The predicted molar refractivity (Wildman–Crippen MR) is 117 cm³/mol. The highest BCUT2D eigenvalue weighted by Crippen LogP contribution is 2.33. The van der Waals surface area contributed by atoms with Gasteiger partial charge in [0.15, 0.2) is 5.13 Å². The molecule has 0 aliphatic carbocycles. The van der Waals surface area contributed by atoms with Crippen LogP contribution in [0.4, 0.5) is 5.13 Å². The van der Waals surface area contributed by atoms with Crippen LogP contribution in [0.25, 0.3) is 0 Å². The van der Waals surface area contributed by atoms with Crippen LogP contribution in [-0.4, -0.2) is 39.9 Å². The fraction of sp³-hybridized carbons (Fsp3) is 0.273. The van der Waals surface area contributed by atoms with Gasteiger partial charge >= 0.3 is 0 Å². The lowest BCUT2D eigenvalue weighted by molar-refractivity contribution is -0.132. The van der Waals surface area contributed by atoms with Gasteiger partial charge in [0.1, 0.15) is 17.9 Å². The van der Waals surface area contributed by atoms with Gasteiger partial charge in [-0.15, -0.1) is 11.3 Å². The molecule has 160 valence electrons. The number of nitrogens with one attached hydrogen (secondary N) is 1. The largest absolute Gasteiger partial charge is 0.497 e. The quantitative estimate of drug-likeness (QED) is 0.639. The summed E-state index contributed by atoms with van der Waals surface area (Å²) in [5.74, 6) is 0.0362. The van der Waals surface area contributed by atoms with E-state index in [1.165, 1.54) is 28.2 Å². The van der Waals surface area contributed by atoms with Crippen molar-refractivity contribution in [1.29, 1.82) is 0 Å². The average Bonchev–Trinajstić information content (AvgIpc) is 3.47. The highest BCUT2D eigenvalue weighted by Gasteiger charge is 2.30. The molecule has 9 heteroatoms. The van der Waals surface area contributed by atoms with Crippen LogP contribution in [0.1, 0.15) is 34.8 Å². The number of pyridine rings is 1. The molecule has 3 aromatic rings. The molecule has 0 spiro atoms. The van der Waals surface area contributed by atoms with Gasteiger partial charge in [-0.3, -0.25) is 19.7 Å². The molecule has 31 heavy (non-hydrogen) atoms. The fourth-order valence-electron chi connectivity index (χ4n) is 3.78. The van der Waals surface area contributed by atoms with Crippen LogP contribution in [0.2, 0.25) is 0 Å². The summed E-state index contributed by atoms with van der Waals surface area (Å²) < 4.78 is 6.58. The second kappa shape index (κ2) is 9.13. The number of amides is 2. The lowest BCUT2D eigenvalue weighted by Crippen LogP contribution is -2.37. The molecule has 1 unspecified atom stereocenters.